The van der Waals surface area contributed by atoms with Crippen molar-refractivity contribution in [3.8, 4) is 11.5 Å². The van der Waals surface area contributed by atoms with Crippen LogP contribution < -0.4 is 0 Å². The van der Waals surface area contributed by atoms with Gasteiger partial charge >= 0.3 is 0 Å². The number of rotatable bonds is 1. The van der Waals surface area contributed by atoms with E-state index in [0.717, 1.165) is 24.4 Å². The number of phenolic OH excluding ortho intramolecular Hbond substituents is 2. The molecule has 2 aliphatic carbocycles. The van der Waals surface area contributed by atoms with Crippen LogP contribution in [0.1, 0.15) is 57.1 Å². The third kappa shape index (κ3) is 2.60. The largest absolute Gasteiger partial charge is 0.504 e. The Hall–Kier alpha value is -1.22. The van der Waals surface area contributed by atoms with E-state index in [0.29, 0.717) is 12.0 Å². The van der Waals surface area contributed by atoms with Crippen molar-refractivity contribution in [1.82, 2.24) is 4.90 Å². The third-order valence-electron chi connectivity index (χ3n) is 5.76. The fourth-order valence-electron chi connectivity index (χ4n) is 4.43. The van der Waals surface area contributed by atoms with Crippen molar-refractivity contribution in [1.29, 1.82) is 0 Å². The van der Waals surface area contributed by atoms with Gasteiger partial charge in [-0.15, -0.1) is 0 Å². The van der Waals surface area contributed by atoms with E-state index in [-0.39, 0.29) is 11.5 Å². The van der Waals surface area contributed by atoms with Crippen molar-refractivity contribution in [2.45, 2.75) is 70.9 Å². The van der Waals surface area contributed by atoms with Gasteiger partial charge in [-0.25, -0.2) is 0 Å². The molecule has 2 atom stereocenters. The quantitative estimate of drug-likeness (QED) is 0.774. The summed E-state index contributed by atoms with van der Waals surface area (Å²) in [6, 6.07) is 5.12. The molecule has 3 aliphatic rings. The molecule has 3 heteroatoms. The number of likely N-dealkylation sites (tertiary alicyclic amines) is 1. The first kappa shape index (κ1) is 15.7. The van der Waals surface area contributed by atoms with Gasteiger partial charge in [-0.2, -0.15) is 0 Å². The lowest BCUT2D eigenvalue weighted by Crippen LogP contribution is -2.55. The van der Waals surface area contributed by atoms with Crippen LogP contribution in [0, 0.1) is 5.92 Å². The molecule has 3 nitrogen and oxygen atoms in total. The first-order valence-electron chi connectivity index (χ1n) is 9.02. The average Bonchev–Trinajstić information content (AvgIpc) is 2.51. The molecule has 122 valence electrons. The Bertz CT molecular complexity index is 524. The molecule has 0 spiro atoms. The van der Waals surface area contributed by atoms with Gasteiger partial charge in [0.15, 0.2) is 11.5 Å². The van der Waals surface area contributed by atoms with Gasteiger partial charge < -0.3 is 10.2 Å². The van der Waals surface area contributed by atoms with E-state index in [1.54, 1.807) is 6.07 Å². The van der Waals surface area contributed by atoms with E-state index in [4.69, 9.17) is 0 Å². The minimum atomic E-state index is 0.0360. The molecular formula is C19H29NO2. The number of hydrogen-bond acceptors (Lipinski definition) is 3. The Morgan fingerprint density at radius 2 is 1.77 bits per heavy atom. The van der Waals surface area contributed by atoms with Crippen LogP contribution in [-0.4, -0.2) is 33.7 Å². The maximum absolute atomic E-state index is 10.1. The highest BCUT2D eigenvalue weighted by molar-refractivity contribution is 5.50. The summed E-state index contributed by atoms with van der Waals surface area (Å²) in [5.41, 5.74) is 2.24. The molecular weight excluding hydrogens is 274 g/mol. The minimum Gasteiger partial charge on any atom is -0.504 e. The van der Waals surface area contributed by atoms with Crippen LogP contribution in [0.15, 0.2) is 12.1 Å². The van der Waals surface area contributed by atoms with Crippen molar-refractivity contribution in [3.63, 3.8) is 0 Å². The Morgan fingerprint density at radius 3 is 2.45 bits per heavy atom. The molecule has 1 aliphatic heterocycles. The first-order chi connectivity index (χ1) is 10.7. The maximum atomic E-state index is 10.1. The molecule has 2 N–H and O–H groups in total. The van der Waals surface area contributed by atoms with Crippen molar-refractivity contribution in [2.75, 3.05) is 6.54 Å². The smallest absolute Gasteiger partial charge is 0.160 e. The predicted molar refractivity (Wildman–Crippen MR) is 89.4 cm³/mol. The SMILES string of the molecule is CC.Oc1ccc2c(c1O)C[C@H]1CCCN(C3CCC3)C1C2. The second-order valence-corrected chi connectivity index (χ2v) is 6.77. The number of nitrogens with zero attached hydrogens (tertiary/aromatic N) is 1. The van der Waals surface area contributed by atoms with Crippen molar-refractivity contribution in [2.24, 2.45) is 5.92 Å². The second-order valence-electron chi connectivity index (χ2n) is 6.77. The van der Waals surface area contributed by atoms with Crippen molar-refractivity contribution in [3.05, 3.63) is 23.3 Å². The van der Waals surface area contributed by atoms with Crippen LogP contribution in [0.2, 0.25) is 0 Å². The zero-order valence-corrected chi connectivity index (χ0v) is 13.9. The molecule has 0 radical (unpaired) electrons. The predicted octanol–water partition coefficient (Wildman–Crippen LogP) is 3.86. The Balaban J connectivity index is 0.000000693. The van der Waals surface area contributed by atoms with Crippen LogP contribution >= 0.6 is 0 Å². The molecule has 1 aromatic rings. The molecule has 1 unspecified atom stereocenters. The fraction of sp³-hybridized carbons (Fsp3) is 0.684. The fourth-order valence-corrected chi connectivity index (χ4v) is 4.43. The van der Waals surface area contributed by atoms with E-state index >= 15 is 0 Å². The summed E-state index contributed by atoms with van der Waals surface area (Å²) in [7, 11) is 0. The van der Waals surface area contributed by atoms with Crippen LogP contribution in [0.5, 0.6) is 11.5 Å². The zero-order chi connectivity index (χ0) is 15.7. The standard InChI is InChI=1S/C17H23NO2.C2H6/c19-16-7-6-11-10-15-12(9-14(11)17(16)20)3-2-8-18(15)13-4-1-5-13;1-2/h6-7,12-13,15,19-20H,1-5,8-10H2;1-2H3/t12-,15?;/m1./s1. The van der Waals surface area contributed by atoms with Crippen LogP contribution in [0.25, 0.3) is 0 Å². The topological polar surface area (TPSA) is 43.7 Å². The van der Waals surface area contributed by atoms with E-state index in [2.05, 4.69) is 4.90 Å². The molecule has 22 heavy (non-hydrogen) atoms. The molecule has 0 amide bonds. The molecule has 0 bridgehead atoms. The Morgan fingerprint density at radius 1 is 1.00 bits per heavy atom. The van der Waals surface area contributed by atoms with Gasteiger partial charge in [-0.1, -0.05) is 26.3 Å². The lowest BCUT2D eigenvalue weighted by molar-refractivity contribution is 0.0137. The van der Waals surface area contributed by atoms with Gasteiger partial charge in [-0.05, 0) is 62.6 Å². The number of hydrogen-bond donors (Lipinski definition) is 2. The van der Waals surface area contributed by atoms with Gasteiger partial charge in [0.2, 0.25) is 0 Å². The van der Waals surface area contributed by atoms with Crippen molar-refractivity contribution < 1.29 is 10.2 Å². The highest BCUT2D eigenvalue weighted by Gasteiger charge is 2.40. The summed E-state index contributed by atoms with van der Waals surface area (Å²) < 4.78 is 0. The summed E-state index contributed by atoms with van der Waals surface area (Å²) >= 11 is 0. The minimum absolute atomic E-state index is 0.0360. The number of benzene rings is 1. The monoisotopic (exact) mass is 303 g/mol. The molecule has 4 rings (SSSR count). The summed E-state index contributed by atoms with van der Waals surface area (Å²) in [4.78, 5) is 2.75. The number of phenols is 2. The van der Waals surface area contributed by atoms with Gasteiger partial charge in [0.05, 0.1) is 0 Å². The maximum Gasteiger partial charge on any atom is 0.160 e. The van der Waals surface area contributed by atoms with E-state index in [9.17, 15) is 10.2 Å². The van der Waals surface area contributed by atoms with Crippen molar-refractivity contribution >= 4 is 0 Å². The Labute approximate surface area is 134 Å². The normalized spacial score (nSPS) is 27.9. The third-order valence-corrected chi connectivity index (χ3v) is 5.76. The highest BCUT2D eigenvalue weighted by Crippen LogP contribution is 2.43. The van der Waals surface area contributed by atoms with Gasteiger partial charge in [-0.3, -0.25) is 4.90 Å². The summed E-state index contributed by atoms with van der Waals surface area (Å²) in [6.07, 6.45) is 8.67. The molecule has 1 aromatic carbocycles. The second kappa shape index (κ2) is 6.49. The van der Waals surface area contributed by atoms with Crippen LogP contribution in [-0.2, 0) is 12.8 Å². The summed E-state index contributed by atoms with van der Waals surface area (Å²) in [5.74, 6) is 0.820. The number of piperidine rings is 1. The Kier molecular flexibility index (Phi) is 4.62. The molecule has 0 aromatic heterocycles. The lowest BCUT2D eigenvalue weighted by Gasteiger charge is -2.50. The number of aromatic hydroxyl groups is 2. The first-order valence-corrected chi connectivity index (χ1v) is 9.02. The van der Waals surface area contributed by atoms with Crippen LogP contribution in [0.4, 0.5) is 0 Å². The van der Waals surface area contributed by atoms with E-state index in [1.165, 1.54) is 44.2 Å². The van der Waals surface area contributed by atoms with E-state index < -0.39 is 0 Å². The summed E-state index contributed by atoms with van der Waals surface area (Å²) in [5, 5.41) is 19.8. The lowest BCUT2D eigenvalue weighted by atomic mass is 9.73. The number of fused-ring (bicyclic) bond motifs is 2. The van der Waals surface area contributed by atoms with Gasteiger partial charge in [0.1, 0.15) is 0 Å². The zero-order valence-electron chi connectivity index (χ0n) is 13.9. The molecule has 1 heterocycles. The van der Waals surface area contributed by atoms with Crippen LogP contribution in [0.3, 0.4) is 0 Å². The van der Waals surface area contributed by atoms with Gasteiger partial charge in [0.25, 0.3) is 0 Å². The van der Waals surface area contributed by atoms with Gasteiger partial charge in [0, 0.05) is 17.6 Å². The average molecular weight is 303 g/mol. The van der Waals surface area contributed by atoms with E-state index in [1.807, 2.05) is 19.9 Å². The highest BCUT2D eigenvalue weighted by atomic mass is 16.3. The molecule has 2 fully saturated rings. The molecule has 1 saturated heterocycles. The molecule has 1 saturated carbocycles. The summed E-state index contributed by atoms with van der Waals surface area (Å²) in [6.45, 7) is 5.26.